The van der Waals surface area contributed by atoms with Crippen LogP contribution in [0.3, 0.4) is 0 Å². The Hall–Kier alpha value is -1.14. The highest BCUT2D eigenvalue weighted by atomic mass is 32.1. The average Bonchev–Trinajstić information content (AvgIpc) is 2.09. The number of rotatable bonds is 1. The van der Waals surface area contributed by atoms with Gasteiger partial charge in [-0.2, -0.15) is 5.26 Å². The maximum atomic E-state index is 8.71. The summed E-state index contributed by atoms with van der Waals surface area (Å²) in [6.07, 6.45) is 0. The number of nitrogens with zero attached hydrogens (tertiary/aromatic N) is 1. The van der Waals surface area contributed by atoms with Crippen LogP contribution in [0.2, 0.25) is 0 Å². The zero-order chi connectivity index (χ0) is 9.14. The average molecular weight is 179 g/mol. The summed E-state index contributed by atoms with van der Waals surface area (Å²) < 4.78 is 5.08. The Bertz CT molecular complexity index is 341. The molecule has 0 spiro atoms. The minimum absolute atomic E-state index is 0.549. The van der Waals surface area contributed by atoms with E-state index < -0.39 is 0 Å². The molecular formula is C9H9NOS. The largest absolute Gasteiger partial charge is 0.495 e. The zero-order valence-electron chi connectivity index (χ0n) is 6.96. The van der Waals surface area contributed by atoms with E-state index >= 15 is 0 Å². The van der Waals surface area contributed by atoms with Gasteiger partial charge in [-0.25, -0.2) is 0 Å². The second-order valence-electron chi connectivity index (χ2n) is 2.40. The standard InChI is InChI=1S/C9H9NOS/c1-6-8(12)4-3-7(5-10)9(6)11-2/h3-4,12H,1-2H3. The fourth-order valence-electron chi connectivity index (χ4n) is 1.03. The minimum atomic E-state index is 0.549. The molecule has 0 bridgehead atoms. The van der Waals surface area contributed by atoms with Crippen LogP contribution in [0.25, 0.3) is 0 Å². The minimum Gasteiger partial charge on any atom is -0.495 e. The third-order valence-corrected chi connectivity index (χ3v) is 2.19. The second-order valence-corrected chi connectivity index (χ2v) is 2.88. The first-order chi connectivity index (χ1) is 5.70. The van der Waals surface area contributed by atoms with Gasteiger partial charge in [-0.05, 0) is 19.1 Å². The van der Waals surface area contributed by atoms with Gasteiger partial charge >= 0.3 is 0 Å². The molecule has 12 heavy (non-hydrogen) atoms. The summed E-state index contributed by atoms with van der Waals surface area (Å²) in [6, 6.07) is 5.55. The van der Waals surface area contributed by atoms with E-state index in [1.807, 2.05) is 6.92 Å². The molecule has 0 saturated heterocycles. The van der Waals surface area contributed by atoms with Crippen LogP contribution in [0.15, 0.2) is 17.0 Å². The summed E-state index contributed by atoms with van der Waals surface area (Å²) in [5.74, 6) is 0.616. The molecule has 1 aromatic rings. The van der Waals surface area contributed by atoms with E-state index in [9.17, 15) is 0 Å². The van der Waals surface area contributed by atoms with Crippen molar-refractivity contribution < 1.29 is 4.74 Å². The number of benzene rings is 1. The molecule has 0 atom stereocenters. The Morgan fingerprint density at radius 3 is 2.67 bits per heavy atom. The van der Waals surface area contributed by atoms with Gasteiger partial charge < -0.3 is 4.74 Å². The molecule has 1 aromatic carbocycles. The van der Waals surface area contributed by atoms with Crippen LogP contribution >= 0.6 is 12.6 Å². The quantitative estimate of drug-likeness (QED) is 0.670. The van der Waals surface area contributed by atoms with Crippen molar-refractivity contribution in [2.75, 3.05) is 7.11 Å². The van der Waals surface area contributed by atoms with Crippen molar-refractivity contribution in [3.63, 3.8) is 0 Å². The van der Waals surface area contributed by atoms with Crippen LogP contribution in [0.4, 0.5) is 0 Å². The van der Waals surface area contributed by atoms with Gasteiger partial charge in [-0.3, -0.25) is 0 Å². The first kappa shape index (κ1) is 8.95. The number of hydrogen-bond acceptors (Lipinski definition) is 3. The lowest BCUT2D eigenvalue weighted by Crippen LogP contribution is -1.92. The fourth-order valence-corrected chi connectivity index (χ4v) is 1.21. The molecule has 0 fully saturated rings. The highest BCUT2D eigenvalue weighted by Gasteiger charge is 2.07. The number of methoxy groups -OCH3 is 1. The van der Waals surface area contributed by atoms with Crippen molar-refractivity contribution in [1.29, 1.82) is 5.26 Å². The van der Waals surface area contributed by atoms with Crippen molar-refractivity contribution in [2.45, 2.75) is 11.8 Å². The van der Waals surface area contributed by atoms with Crippen LogP contribution in [-0.4, -0.2) is 7.11 Å². The van der Waals surface area contributed by atoms with E-state index in [1.54, 1.807) is 19.2 Å². The highest BCUT2D eigenvalue weighted by Crippen LogP contribution is 2.27. The molecule has 0 amide bonds. The molecule has 0 saturated carbocycles. The van der Waals surface area contributed by atoms with E-state index in [0.29, 0.717) is 11.3 Å². The Morgan fingerprint density at radius 2 is 2.17 bits per heavy atom. The number of thiol groups is 1. The summed E-state index contributed by atoms with van der Waals surface area (Å²) in [4.78, 5) is 0.839. The van der Waals surface area contributed by atoms with Crippen molar-refractivity contribution >= 4 is 12.6 Å². The third-order valence-electron chi connectivity index (χ3n) is 1.70. The monoisotopic (exact) mass is 179 g/mol. The summed E-state index contributed by atoms with van der Waals surface area (Å²) in [5, 5.41) is 8.71. The molecule has 0 aliphatic heterocycles. The normalized spacial score (nSPS) is 9.17. The van der Waals surface area contributed by atoms with Crippen molar-refractivity contribution in [2.24, 2.45) is 0 Å². The molecule has 62 valence electrons. The molecule has 0 aromatic heterocycles. The molecule has 0 radical (unpaired) electrons. The molecular weight excluding hydrogens is 170 g/mol. The first-order valence-corrected chi connectivity index (χ1v) is 3.92. The summed E-state index contributed by atoms with van der Waals surface area (Å²) in [6.45, 7) is 1.88. The lowest BCUT2D eigenvalue weighted by atomic mass is 10.1. The van der Waals surface area contributed by atoms with Crippen molar-refractivity contribution in [3.8, 4) is 11.8 Å². The van der Waals surface area contributed by atoms with Crippen LogP contribution in [0, 0.1) is 18.3 Å². The molecule has 0 N–H and O–H groups in total. The van der Waals surface area contributed by atoms with E-state index in [1.165, 1.54) is 0 Å². The maximum absolute atomic E-state index is 8.71. The lowest BCUT2D eigenvalue weighted by molar-refractivity contribution is 0.409. The van der Waals surface area contributed by atoms with Gasteiger partial charge in [0.1, 0.15) is 11.8 Å². The van der Waals surface area contributed by atoms with Gasteiger partial charge in [0.25, 0.3) is 0 Å². The van der Waals surface area contributed by atoms with E-state index in [2.05, 4.69) is 18.7 Å². The Labute approximate surface area is 77.2 Å². The summed E-state index contributed by atoms with van der Waals surface area (Å²) >= 11 is 4.22. The maximum Gasteiger partial charge on any atom is 0.140 e. The molecule has 0 aliphatic rings. The fraction of sp³-hybridized carbons (Fsp3) is 0.222. The van der Waals surface area contributed by atoms with Crippen LogP contribution in [-0.2, 0) is 0 Å². The second kappa shape index (κ2) is 3.51. The predicted molar refractivity (Wildman–Crippen MR) is 49.7 cm³/mol. The topological polar surface area (TPSA) is 33.0 Å². The number of ether oxygens (including phenoxy) is 1. The van der Waals surface area contributed by atoms with Gasteiger partial charge in [0.2, 0.25) is 0 Å². The van der Waals surface area contributed by atoms with E-state index in [-0.39, 0.29) is 0 Å². The van der Waals surface area contributed by atoms with Crippen molar-refractivity contribution in [3.05, 3.63) is 23.3 Å². The van der Waals surface area contributed by atoms with Crippen LogP contribution in [0.1, 0.15) is 11.1 Å². The smallest absolute Gasteiger partial charge is 0.140 e. The van der Waals surface area contributed by atoms with Gasteiger partial charge in [0.15, 0.2) is 0 Å². The van der Waals surface area contributed by atoms with E-state index in [0.717, 1.165) is 10.5 Å². The van der Waals surface area contributed by atoms with Crippen molar-refractivity contribution in [1.82, 2.24) is 0 Å². The van der Waals surface area contributed by atoms with Gasteiger partial charge in [0.05, 0.1) is 12.7 Å². The highest BCUT2D eigenvalue weighted by molar-refractivity contribution is 7.80. The third kappa shape index (κ3) is 1.39. The SMILES string of the molecule is COc1c(C#N)ccc(S)c1C. The Balaban J connectivity index is 3.38. The number of nitriles is 1. The molecule has 0 aliphatic carbocycles. The predicted octanol–water partition coefficient (Wildman–Crippen LogP) is 2.16. The lowest BCUT2D eigenvalue weighted by Gasteiger charge is -2.07. The number of hydrogen-bond donors (Lipinski definition) is 1. The summed E-state index contributed by atoms with van der Waals surface area (Å²) in [7, 11) is 1.55. The van der Waals surface area contributed by atoms with E-state index in [4.69, 9.17) is 10.00 Å². The molecule has 0 heterocycles. The Kier molecular flexibility index (Phi) is 2.61. The van der Waals surface area contributed by atoms with Crippen LogP contribution < -0.4 is 4.74 Å². The zero-order valence-corrected chi connectivity index (χ0v) is 7.85. The van der Waals surface area contributed by atoms with Gasteiger partial charge in [0, 0.05) is 10.5 Å². The summed E-state index contributed by atoms with van der Waals surface area (Å²) in [5.41, 5.74) is 1.45. The molecule has 0 unspecified atom stereocenters. The Morgan fingerprint density at radius 1 is 1.50 bits per heavy atom. The first-order valence-electron chi connectivity index (χ1n) is 3.47. The molecule has 2 nitrogen and oxygen atoms in total. The molecule has 3 heteroatoms. The van der Waals surface area contributed by atoms with Gasteiger partial charge in [-0.1, -0.05) is 0 Å². The molecule has 1 rings (SSSR count). The van der Waals surface area contributed by atoms with Gasteiger partial charge in [-0.15, -0.1) is 12.6 Å². The van der Waals surface area contributed by atoms with Crippen LogP contribution in [0.5, 0.6) is 5.75 Å².